The minimum atomic E-state index is -0.712. The highest BCUT2D eigenvalue weighted by molar-refractivity contribution is 6.30. The molecular formula is C24H33ClN6O4. The predicted molar refractivity (Wildman–Crippen MR) is 135 cm³/mol. The summed E-state index contributed by atoms with van der Waals surface area (Å²) in [5, 5.41) is 6.08. The van der Waals surface area contributed by atoms with Gasteiger partial charge in [0.25, 0.3) is 5.91 Å². The van der Waals surface area contributed by atoms with Gasteiger partial charge in [-0.3, -0.25) is 14.5 Å². The van der Waals surface area contributed by atoms with Crippen molar-refractivity contribution in [3.8, 4) is 0 Å². The van der Waals surface area contributed by atoms with Crippen LogP contribution in [0.1, 0.15) is 56.4 Å². The molecular weight excluding hydrogens is 472 g/mol. The molecule has 0 aliphatic rings. The molecule has 0 radical (unpaired) electrons. The Morgan fingerprint density at radius 2 is 1.91 bits per heavy atom. The third-order valence-corrected chi connectivity index (χ3v) is 5.33. The largest absolute Gasteiger partial charge is 0.444 e. The number of hydrogen-bond donors (Lipinski definition) is 3. The second-order valence-electron chi connectivity index (χ2n) is 9.01. The Hall–Kier alpha value is -3.40. The van der Waals surface area contributed by atoms with E-state index in [1.54, 1.807) is 33.8 Å². The molecule has 0 aliphatic carbocycles. The summed E-state index contributed by atoms with van der Waals surface area (Å²) in [5.74, 6) is -0.834. The Morgan fingerprint density at radius 3 is 2.51 bits per heavy atom. The van der Waals surface area contributed by atoms with Crippen molar-refractivity contribution in [3.05, 3.63) is 46.4 Å². The van der Waals surface area contributed by atoms with Crippen LogP contribution in [0, 0.1) is 0 Å². The number of amides is 3. The van der Waals surface area contributed by atoms with E-state index in [1.807, 2.05) is 25.1 Å². The van der Waals surface area contributed by atoms with Crippen LogP contribution in [0.25, 0.3) is 0 Å². The number of rotatable bonds is 9. The Bertz CT molecular complexity index is 1090. The quantitative estimate of drug-likeness (QED) is 0.475. The van der Waals surface area contributed by atoms with E-state index in [2.05, 4.69) is 20.6 Å². The average molecular weight is 505 g/mol. The number of nitrogens with two attached hydrogens (primary N) is 1. The zero-order valence-corrected chi connectivity index (χ0v) is 21.7. The van der Waals surface area contributed by atoms with Gasteiger partial charge in [-0.25, -0.2) is 14.8 Å². The van der Waals surface area contributed by atoms with E-state index in [1.165, 1.54) is 11.9 Å². The van der Waals surface area contributed by atoms with Crippen molar-refractivity contribution >= 4 is 41.0 Å². The van der Waals surface area contributed by atoms with Crippen molar-refractivity contribution in [2.75, 3.05) is 18.9 Å². The zero-order valence-electron chi connectivity index (χ0n) is 20.9. The summed E-state index contributed by atoms with van der Waals surface area (Å²) < 4.78 is 5.30. The van der Waals surface area contributed by atoms with E-state index >= 15 is 0 Å². The number of aryl methyl sites for hydroxylation is 1. The number of halogens is 1. The summed E-state index contributed by atoms with van der Waals surface area (Å²) >= 11 is 6.16. The summed E-state index contributed by atoms with van der Waals surface area (Å²) in [6, 6.07) is 6.70. The van der Waals surface area contributed by atoms with Crippen LogP contribution in [0.2, 0.25) is 5.15 Å². The fourth-order valence-corrected chi connectivity index (χ4v) is 3.28. The summed E-state index contributed by atoms with van der Waals surface area (Å²) in [6.07, 6.45) is 0.484. The normalized spacial score (nSPS) is 12.0. The third-order valence-electron chi connectivity index (χ3n) is 5.03. The fourth-order valence-electron chi connectivity index (χ4n) is 3.02. The number of nitrogens with zero attached hydrogens (tertiary/aromatic N) is 3. The van der Waals surface area contributed by atoms with E-state index in [-0.39, 0.29) is 22.6 Å². The zero-order chi connectivity index (χ0) is 26.3. The van der Waals surface area contributed by atoms with Gasteiger partial charge in [0, 0.05) is 19.3 Å². The van der Waals surface area contributed by atoms with E-state index in [4.69, 9.17) is 22.1 Å². The van der Waals surface area contributed by atoms with Crippen LogP contribution in [-0.4, -0.2) is 58.0 Å². The molecule has 10 nitrogen and oxygen atoms in total. The van der Waals surface area contributed by atoms with Crippen molar-refractivity contribution < 1.29 is 19.1 Å². The van der Waals surface area contributed by atoms with Crippen LogP contribution in [0.4, 0.5) is 16.3 Å². The average Bonchev–Trinajstić information content (AvgIpc) is 2.77. The molecule has 1 heterocycles. The van der Waals surface area contributed by atoms with Crippen LogP contribution < -0.4 is 16.4 Å². The Morgan fingerprint density at radius 1 is 1.23 bits per heavy atom. The van der Waals surface area contributed by atoms with E-state index < -0.39 is 23.6 Å². The first kappa shape index (κ1) is 27.8. The van der Waals surface area contributed by atoms with Crippen LogP contribution in [0.5, 0.6) is 0 Å². The lowest BCUT2D eigenvalue weighted by atomic mass is 10.1. The lowest BCUT2D eigenvalue weighted by Crippen LogP contribution is -2.47. The Labute approximate surface area is 210 Å². The maximum absolute atomic E-state index is 12.5. The van der Waals surface area contributed by atoms with Gasteiger partial charge in [0.1, 0.15) is 11.6 Å². The molecule has 2 aromatic rings. The van der Waals surface area contributed by atoms with Crippen molar-refractivity contribution in [1.29, 1.82) is 0 Å². The lowest BCUT2D eigenvalue weighted by molar-refractivity contribution is -0.125. The van der Waals surface area contributed by atoms with Crippen molar-refractivity contribution in [2.45, 2.75) is 59.1 Å². The third kappa shape index (κ3) is 8.10. The Kier molecular flexibility index (Phi) is 9.41. The van der Waals surface area contributed by atoms with E-state index in [0.29, 0.717) is 30.8 Å². The number of carbonyl (C=O) groups is 3. The Balaban J connectivity index is 2.00. The molecule has 0 saturated carbocycles. The molecule has 1 aromatic heterocycles. The highest BCUT2D eigenvalue weighted by atomic mass is 35.5. The number of carbonyl (C=O) groups excluding carboxylic acids is 3. The van der Waals surface area contributed by atoms with Gasteiger partial charge < -0.3 is 21.1 Å². The number of likely N-dealkylation sites (N-methyl/N-ethyl adjacent to an activating group) is 1. The van der Waals surface area contributed by atoms with Crippen LogP contribution in [0.3, 0.4) is 0 Å². The molecule has 1 aromatic carbocycles. The molecule has 0 aliphatic heterocycles. The second kappa shape index (κ2) is 11.8. The van der Waals surface area contributed by atoms with E-state index in [9.17, 15) is 14.4 Å². The van der Waals surface area contributed by atoms with Gasteiger partial charge in [0.2, 0.25) is 5.91 Å². The van der Waals surface area contributed by atoms with Gasteiger partial charge in [-0.05, 0) is 58.2 Å². The lowest BCUT2D eigenvalue weighted by Gasteiger charge is -2.28. The maximum atomic E-state index is 12.5. The second-order valence-corrected chi connectivity index (χ2v) is 9.37. The summed E-state index contributed by atoms with van der Waals surface area (Å²) in [6.45, 7) is 9.15. The van der Waals surface area contributed by atoms with Gasteiger partial charge in [-0.1, -0.05) is 30.7 Å². The van der Waals surface area contributed by atoms with Crippen LogP contribution in [0.15, 0.2) is 24.3 Å². The smallest absolute Gasteiger partial charge is 0.410 e. The predicted octanol–water partition coefficient (Wildman–Crippen LogP) is 3.45. The minimum absolute atomic E-state index is 0.00649. The molecule has 0 saturated heterocycles. The van der Waals surface area contributed by atoms with Crippen molar-refractivity contribution in [1.82, 2.24) is 20.2 Å². The first-order chi connectivity index (χ1) is 16.3. The number of benzene rings is 1. The molecule has 3 amide bonds. The number of ether oxygens (including phenoxy) is 1. The van der Waals surface area contributed by atoms with Gasteiger partial charge in [-0.2, -0.15) is 0 Å². The molecule has 0 unspecified atom stereocenters. The van der Waals surface area contributed by atoms with Gasteiger partial charge in [-0.15, -0.1) is 0 Å². The SMILES string of the molecule is CCc1nc(C(N)=O)c(Nc2cccc(CCNC(=O)[C@H](C)N(C)C(=O)OC(C)(C)C)c2)nc1Cl. The van der Waals surface area contributed by atoms with Gasteiger partial charge >= 0.3 is 6.09 Å². The monoisotopic (exact) mass is 504 g/mol. The molecule has 35 heavy (non-hydrogen) atoms. The topological polar surface area (TPSA) is 140 Å². The molecule has 1 atom stereocenters. The first-order valence-electron chi connectivity index (χ1n) is 11.3. The molecule has 190 valence electrons. The fraction of sp³-hybridized carbons (Fsp3) is 0.458. The van der Waals surface area contributed by atoms with Crippen LogP contribution in [-0.2, 0) is 22.4 Å². The molecule has 11 heteroatoms. The minimum Gasteiger partial charge on any atom is -0.444 e. The van der Waals surface area contributed by atoms with Crippen LogP contribution >= 0.6 is 11.6 Å². The summed E-state index contributed by atoms with van der Waals surface area (Å²) in [7, 11) is 1.52. The molecule has 0 fully saturated rings. The highest BCUT2D eigenvalue weighted by Crippen LogP contribution is 2.23. The summed E-state index contributed by atoms with van der Waals surface area (Å²) in [5.41, 5.74) is 6.89. The first-order valence-corrected chi connectivity index (χ1v) is 11.7. The number of anilines is 2. The van der Waals surface area contributed by atoms with Crippen molar-refractivity contribution in [2.24, 2.45) is 5.73 Å². The molecule has 4 N–H and O–H groups in total. The maximum Gasteiger partial charge on any atom is 0.410 e. The molecule has 0 bridgehead atoms. The number of primary amides is 1. The van der Waals surface area contributed by atoms with Gasteiger partial charge in [0.05, 0.1) is 5.69 Å². The standard InChI is InChI=1S/C24H33ClN6O4/c1-7-17-19(25)30-21(18(29-17)20(26)32)28-16-10-8-9-15(13-16)11-12-27-22(33)14(2)31(6)23(34)35-24(3,4)5/h8-10,13-14H,7,11-12H2,1-6H3,(H2,26,32)(H,27,33)(H,28,30)/t14-/m0/s1. The van der Waals surface area contributed by atoms with Crippen molar-refractivity contribution in [3.63, 3.8) is 0 Å². The number of hydrogen-bond acceptors (Lipinski definition) is 7. The van der Waals surface area contributed by atoms with Gasteiger partial charge in [0.15, 0.2) is 16.7 Å². The number of nitrogens with one attached hydrogen (secondary N) is 2. The van der Waals surface area contributed by atoms with E-state index in [0.717, 1.165) is 5.56 Å². The summed E-state index contributed by atoms with van der Waals surface area (Å²) in [4.78, 5) is 46.2. The molecule has 0 spiro atoms. The highest BCUT2D eigenvalue weighted by Gasteiger charge is 2.26. The number of aromatic nitrogens is 2. The molecule has 2 rings (SSSR count).